The average molecular weight is 281 g/mol. The van der Waals surface area contributed by atoms with Gasteiger partial charge in [-0.3, -0.25) is 0 Å². The largest absolute Gasteiger partial charge is 0.481 e. The van der Waals surface area contributed by atoms with Crippen LogP contribution in [0.4, 0.5) is 5.69 Å². The van der Waals surface area contributed by atoms with Gasteiger partial charge in [0.1, 0.15) is 5.75 Å². The average Bonchev–Trinajstić information content (AvgIpc) is 2.90. The van der Waals surface area contributed by atoms with Gasteiger partial charge in [-0.25, -0.2) is 0 Å². The summed E-state index contributed by atoms with van der Waals surface area (Å²) in [7, 11) is 0. The van der Waals surface area contributed by atoms with Crippen LogP contribution in [0.3, 0.4) is 0 Å². The van der Waals surface area contributed by atoms with E-state index in [0.717, 1.165) is 18.0 Å². The van der Waals surface area contributed by atoms with E-state index in [1.165, 1.54) is 20.5 Å². The molecular formula is C17H15NOS. The van der Waals surface area contributed by atoms with Crippen LogP contribution in [0.1, 0.15) is 16.5 Å². The molecule has 1 unspecified atom stereocenters. The number of aryl methyl sites for hydroxylation is 1. The normalized spacial score (nSPS) is 17.4. The molecule has 0 saturated carbocycles. The Kier molecular flexibility index (Phi) is 2.67. The van der Waals surface area contributed by atoms with Crippen LogP contribution in [0.25, 0.3) is 10.1 Å². The Bertz CT molecular complexity index is 745. The number of hydrogen-bond acceptors (Lipinski definition) is 3. The highest BCUT2D eigenvalue weighted by atomic mass is 32.1. The van der Waals surface area contributed by atoms with Crippen LogP contribution >= 0.6 is 11.3 Å². The molecule has 2 heterocycles. The fraction of sp³-hybridized carbons (Fsp3) is 0.176. The van der Waals surface area contributed by atoms with E-state index in [4.69, 9.17) is 4.74 Å². The Morgan fingerprint density at radius 3 is 2.95 bits per heavy atom. The summed E-state index contributed by atoms with van der Waals surface area (Å²) in [4.78, 5) is 1.28. The molecule has 0 spiro atoms. The third-order valence-electron chi connectivity index (χ3n) is 3.65. The first-order valence-corrected chi connectivity index (χ1v) is 7.61. The number of benzene rings is 2. The lowest BCUT2D eigenvalue weighted by Gasteiger charge is -2.27. The maximum atomic E-state index is 6.18. The van der Waals surface area contributed by atoms with Gasteiger partial charge in [-0.15, -0.1) is 11.3 Å². The van der Waals surface area contributed by atoms with E-state index in [2.05, 4.69) is 60.8 Å². The molecule has 0 aliphatic carbocycles. The molecule has 100 valence electrons. The molecule has 20 heavy (non-hydrogen) atoms. The van der Waals surface area contributed by atoms with Crippen molar-refractivity contribution in [2.45, 2.75) is 13.0 Å². The smallest absolute Gasteiger partial charge is 0.150 e. The maximum absolute atomic E-state index is 6.18. The first-order chi connectivity index (χ1) is 9.79. The van der Waals surface area contributed by atoms with Crippen LogP contribution in [0.5, 0.6) is 5.75 Å². The highest BCUT2D eigenvalue weighted by molar-refractivity contribution is 7.19. The van der Waals surface area contributed by atoms with Gasteiger partial charge >= 0.3 is 0 Å². The minimum atomic E-state index is 0.0988. The molecule has 2 nitrogen and oxygen atoms in total. The molecule has 0 bridgehead atoms. The molecule has 1 aliphatic rings. The number of thiophene rings is 1. The Labute approximate surface area is 122 Å². The highest BCUT2D eigenvalue weighted by Gasteiger charge is 2.22. The molecule has 2 aromatic carbocycles. The van der Waals surface area contributed by atoms with E-state index in [9.17, 15) is 0 Å². The molecule has 0 amide bonds. The lowest BCUT2D eigenvalue weighted by atomic mass is 10.1. The molecule has 1 atom stereocenters. The van der Waals surface area contributed by atoms with Crippen molar-refractivity contribution in [2.24, 2.45) is 0 Å². The number of ether oxygens (including phenoxy) is 1. The fourth-order valence-electron chi connectivity index (χ4n) is 2.59. The zero-order valence-corrected chi connectivity index (χ0v) is 12.0. The van der Waals surface area contributed by atoms with Crippen molar-refractivity contribution in [1.29, 1.82) is 0 Å². The zero-order chi connectivity index (χ0) is 13.5. The molecule has 4 rings (SSSR count). The molecule has 1 aliphatic heterocycles. The lowest BCUT2D eigenvalue weighted by Crippen LogP contribution is -2.22. The van der Waals surface area contributed by atoms with E-state index in [0.29, 0.717) is 0 Å². The number of anilines is 1. The van der Waals surface area contributed by atoms with E-state index in [1.807, 2.05) is 11.3 Å². The summed E-state index contributed by atoms with van der Waals surface area (Å²) in [5, 5.41) is 4.76. The van der Waals surface area contributed by atoms with E-state index in [1.54, 1.807) is 0 Å². The quantitative estimate of drug-likeness (QED) is 0.694. The summed E-state index contributed by atoms with van der Waals surface area (Å²) in [5.41, 5.74) is 2.32. The number of nitrogens with one attached hydrogen (secondary N) is 1. The second-order valence-corrected chi connectivity index (χ2v) is 6.29. The van der Waals surface area contributed by atoms with E-state index >= 15 is 0 Å². The van der Waals surface area contributed by atoms with Gasteiger partial charge < -0.3 is 10.1 Å². The second-order valence-electron chi connectivity index (χ2n) is 5.17. The van der Waals surface area contributed by atoms with Crippen molar-refractivity contribution in [2.75, 3.05) is 11.9 Å². The predicted octanol–water partition coefficient (Wildman–Crippen LogP) is 4.76. The topological polar surface area (TPSA) is 21.3 Å². The second kappa shape index (κ2) is 4.53. The fourth-order valence-corrected chi connectivity index (χ4v) is 3.68. The van der Waals surface area contributed by atoms with Crippen molar-refractivity contribution < 1.29 is 4.74 Å². The van der Waals surface area contributed by atoms with Crippen LogP contribution < -0.4 is 10.1 Å². The van der Waals surface area contributed by atoms with Crippen LogP contribution in [0, 0.1) is 6.92 Å². The first kappa shape index (κ1) is 11.8. The van der Waals surface area contributed by atoms with Crippen LogP contribution in [0.15, 0.2) is 48.5 Å². The van der Waals surface area contributed by atoms with Crippen molar-refractivity contribution in [1.82, 2.24) is 0 Å². The van der Waals surface area contributed by atoms with E-state index in [-0.39, 0.29) is 6.10 Å². The summed E-state index contributed by atoms with van der Waals surface area (Å²) in [6.07, 6.45) is 0.0988. The molecule has 3 aromatic rings. The minimum absolute atomic E-state index is 0.0988. The lowest BCUT2D eigenvalue weighted by molar-refractivity contribution is 0.214. The molecule has 0 fully saturated rings. The summed E-state index contributed by atoms with van der Waals surface area (Å²) in [5.74, 6) is 0.957. The number of hydrogen-bond donors (Lipinski definition) is 1. The first-order valence-electron chi connectivity index (χ1n) is 6.79. The number of rotatable bonds is 1. The molecule has 1 N–H and O–H groups in total. The van der Waals surface area contributed by atoms with Crippen molar-refractivity contribution >= 4 is 27.1 Å². The van der Waals surface area contributed by atoms with Gasteiger partial charge in [0.05, 0.1) is 12.2 Å². The monoisotopic (exact) mass is 281 g/mol. The molecule has 3 heteroatoms. The van der Waals surface area contributed by atoms with Crippen molar-refractivity contribution in [3.8, 4) is 5.75 Å². The van der Waals surface area contributed by atoms with Gasteiger partial charge in [0, 0.05) is 9.58 Å². The number of fused-ring (bicyclic) bond motifs is 2. The van der Waals surface area contributed by atoms with Gasteiger partial charge in [-0.2, -0.15) is 0 Å². The molecular weight excluding hydrogens is 266 g/mol. The Morgan fingerprint density at radius 1 is 1.15 bits per heavy atom. The van der Waals surface area contributed by atoms with Crippen LogP contribution in [-0.4, -0.2) is 6.54 Å². The SMILES string of the molecule is Cc1ccc2c(c1)OC(c1cc3ccccc3s1)CN2. The molecule has 1 aromatic heterocycles. The maximum Gasteiger partial charge on any atom is 0.150 e. The predicted molar refractivity (Wildman–Crippen MR) is 84.9 cm³/mol. The van der Waals surface area contributed by atoms with Crippen LogP contribution in [0.2, 0.25) is 0 Å². The third kappa shape index (κ3) is 1.95. The minimum Gasteiger partial charge on any atom is -0.481 e. The van der Waals surface area contributed by atoms with Crippen molar-refractivity contribution in [3.05, 3.63) is 59.0 Å². The Hall–Kier alpha value is -2.00. The highest BCUT2D eigenvalue weighted by Crippen LogP contribution is 2.38. The summed E-state index contributed by atoms with van der Waals surface area (Å²) >= 11 is 1.82. The van der Waals surface area contributed by atoms with Gasteiger partial charge in [0.2, 0.25) is 0 Å². The summed E-state index contributed by atoms with van der Waals surface area (Å²) in [6.45, 7) is 2.91. The third-order valence-corrected chi connectivity index (χ3v) is 4.85. The zero-order valence-electron chi connectivity index (χ0n) is 11.2. The molecule has 0 radical (unpaired) electrons. The summed E-state index contributed by atoms with van der Waals surface area (Å²) < 4.78 is 7.50. The van der Waals surface area contributed by atoms with E-state index < -0.39 is 0 Å². The Balaban J connectivity index is 1.70. The van der Waals surface area contributed by atoms with Gasteiger partial charge in [-0.05, 0) is 42.1 Å². The standard InChI is InChI=1S/C17H15NOS/c1-11-6-7-13-14(8-11)19-15(10-18-13)17-9-12-4-2-3-5-16(12)20-17/h2-9,15,18H,10H2,1H3. The summed E-state index contributed by atoms with van der Waals surface area (Å²) in [6, 6.07) is 17.0. The molecule has 0 saturated heterocycles. The van der Waals surface area contributed by atoms with Gasteiger partial charge in [-0.1, -0.05) is 24.3 Å². The van der Waals surface area contributed by atoms with Gasteiger partial charge in [0.25, 0.3) is 0 Å². The van der Waals surface area contributed by atoms with Crippen LogP contribution in [-0.2, 0) is 0 Å². The van der Waals surface area contributed by atoms with Crippen molar-refractivity contribution in [3.63, 3.8) is 0 Å². The van der Waals surface area contributed by atoms with Gasteiger partial charge in [0.15, 0.2) is 6.10 Å². The Morgan fingerprint density at radius 2 is 2.05 bits per heavy atom.